The van der Waals surface area contributed by atoms with Crippen LogP contribution in [0.1, 0.15) is 71.2 Å². The zero-order chi connectivity index (χ0) is 29.5. The van der Waals surface area contributed by atoms with Gasteiger partial charge in [0.1, 0.15) is 16.3 Å². The van der Waals surface area contributed by atoms with Gasteiger partial charge >= 0.3 is 0 Å². The van der Waals surface area contributed by atoms with Gasteiger partial charge < -0.3 is 26.8 Å². The van der Waals surface area contributed by atoms with Crippen LogP contribution in [0.15, 0.2) is 45.2 Å². The summed E-state index contributed by atoms with van der Waals surface area (Å²) < 4.78 is 36.6. The van der Waals surface area contributed by atoms with E-state index in [2.05, 4.69) is 9.88 Å². The van der Waals surface area contributed by atoms with Crippen molar-refractivity contribution in [3.8, 4) is 5.75 Å². The maximum atomic E-state index is 13.7. The van der Waals surface area contributed by atoms with Gasteiger partial charge in [-0.15, -0.1) is 0 Å². The van der Waals surface area contributed by atoms with Gasteiger partial charge in [0.15, 0.2) is 12.1 Å². The number of aryl methyl sites for hydroxylation is 1. The monoisotopic (exact) mass is 564 g/mol. The normalized spacial score (nSPS) is 13.3. The summed E-state index contributed by atoms with van der Waals surface area (Å²) in [4.78, 5) is 30.9. The number of carbonyl (C=O) groups excluding carboxylic acids is 1. The van der Waals surface area contributed by atoms with Crippen molar-refractivity contribution >= 4 is 27.6 Å². The van der Waals surface area contributed by atoms with Gasteiger partial charge in [0.05, 0.1) is 6.61 Å². The van der Waals surface area contributed by atoms with Gasteiger partial charge in [-0.1, -0.05) is 40.2 Å². The van der Waals surface area contributed by atoms with E-state index in [-0.39, 0.29) is 27.7 Å². The number of amides is 1. The second-order valence-electron chi connectivity index (χ2n) is 9.94. The predicted molar refractivity (Wildman–Crippen MR) is 151 cm³/mol. The first-order chi connectivity index (χ1) is 18.2. The Hall–Kier alpha value is -3.74. The Morgan fingerprint density at radius 2 is 1.82 bits per heavy atom. The summed E-state index contributed by atoms with van der Waals surface area (Å²) in [5.41, 5.74) is 15.9. The van der Waals surface area contributed by atoms with Gasteiger partial charge in [0.25, 0.3) is 15.6 Å². The standard InChI is InChI=1S/C26H40N6O6S/c1-7-9-14-37-20-13-11-18(26(5,6)8-2)15-21(20)39(35,36)31-19-12-10-16(3)32(24(19)34)22(23(27)33)17(4)38-30-25(28)29/h10-13,15,17,22,31H,7-9,14H2,1-6H3,(H2,27,33)(H4,28,29,30). The number of ether oxygens (including phenoxy) is 1. The highest BCUT2D eigenvalue weighted by Gasteiger charge is 2.31. The number of pyridine rings is 1. The summed E-state index contributed by atoms with van der Waals surface area (Å²) >= 11 is 0. The number of oxime groups is 1. The first kappa shape index (κ1) is 31.5. The van der Waals surface area contributed by atoms with Crippen molar-refractivity contribution in [2.24, 2.45) is 22.4 Å². The third kappa shape index (κ3) is 7.65. The lowest BCUT2D eigenvalue weighted by Gasteiger charge is -2.25. The third-order valence-electron chi connectivity index (χ3n) is 6.56. The molecule has 0 aliphatic carbocycles. The molecule has 13 heteroatoms. The summed E-state index contributed by atoms with van der Waals surface area (Å²) in [5, 5.41) is 3.43. The van der Waals surface area contributed by atoms with Crippen LogP contribution in [0.5, 0.6) is 5.75 Å². The number of benzene rings is 1. The Kier molecular flexibility index (Phi) is 10.4. The number of nitrogens with one attached hydrogen (secondary N) is 1. The van der Waals surface area contributed by atoms with E-state index >= 15 is 0 Å². The zero-order valence-corrected chi connectivity index (χ0v) is 24.2. The largest absolute Gasteiger partial charge is 0.492 e. The van der Waals surface area contributed by atoms with Gasteiger partial charge in [-0.05, 0) is 67.1 Å². The van der Waals surface area contributed by atoms with Crippen LogP contribution in [0.2, 0.25) is 0 Å². The second kappa shape index (κ2) is 12.9. The van der Waals surface area contributed by atoms with E-state index in [1.807, 2.05) is 33.8 Å². The summed E-state index contributed by atoms with van der Waals surface area (Å²) in [6, 6.07) is 6.51. The number of unbranched alkanes of at least 4 members (excludes halogenated alkanes) is 1. The van der Waals surface area contributed by atoms with Crippen molar-refractivity contribution in [2.45, 2.75) is 83.3 Å². The lowest BCUT2D eigenvalue weighted by atomic mass is 9.82. The van der Waals surface area contributed by atoms with E-state index in [1.165, 1.54) is 19.1 Å². The van der Waals surface area contributed by atoms with Crippen LogP contribution in [-0.2, 0) is 25.1 Å². The summed E-state index contributed by atoms with van der Waals surface area (Å²) in [7, 11) is -4.30. The minimum atomic E-state index is -4.30. The number of guanidine groups is 1. The van der Waals surface area contributed by atoms with Crippen LogP contribution in [0.4, 0.5) is 5.69 Å². The van der Waals surface area contributed by atoms with Gasteiger partial charge in [-0.2, -0.15) is 0 Å². The summed E-state index contributed by atoms with van der Waals surface area (Å²) in [5.74, 6) is -1.12. The number of nitrogens with zero attached hydrogens (tertiary/aromatic N) is 2. The summed E-state index contributed by atoms with van der Waals surface area (Å²) in [6.45, 7) is 11.4. The Morgan fingerprint density at radius 3 is 2.38 bits per heavy atom. The molecule has 1 aromatic carbocycles. The highest BCUT2D eigenvalue weighted by molar-refractivity contribution is 7.92. The highest BCUT2D eigenvalue weighted by Crippen LogP contribution is 2.34. The third-order valence-corrected chi connectivity index (χ3v) is 7.94. The molecule has 2 atom stereocenters. The first-order valence-corrected chi connectivity index (χ1v) is 14.2. The van der Waals surface area contributed by atoms with Crippen LogP contribution >= 0.6 is 0 Å². The summed E-state index contributed by atoms with van der Waals surface area (Å²) in [6.07, 6.45) is 1.33. The number of primary amides is 1. The average molecular weight is 565 g/mol. The van der Waals surface area contributed by atoms with Crippen LogP contribution in [0.25, 0.3) is 0 Å². The van der Waals surface area contributed by atoms with Crippen molar-refractivity contribution in [3.63, 3.8) is 0 Å². The molecule has 0 saturated carbocycles. The molecule has 0 saturated heterocycles. The Balaban J connectivity index is 2.62. The number of nitrogens with two attached hydrogens (primary N) is 3. The molecule has 0 radical (unpaired) electrons. The molecule has 0 aliphatic heterocycles. The quantitative estimate of drug-likeness (QED) is 0.116. The van der Waals surface area contributed by atoms with E-state index < -0.39 is 33.6 Å². The lowest BCUT2D eigenvalue weighted by molar-refractivity contribution is -0.125. The maximum Gasteiger partial charge on any atom is 0.275 e. The minimum Gasteiger partial charge on any atom is -0.492 e. The van der Waals surface area contributed by atoms with E-state index in [1.54, 1.807) is 19.1 Å². The fraction of sp³-hybridized carbons (Fsp3) is 0.500. The Morgan fingerprint density at radius 1 is 1.15 bits per heavy atom. The van der Waals surface area contributed by atoms with Gasteiger partial charge in [0, 0.05) is 5.69 Å². The van der Waals surface area contributed by atoms with E-state index in [9.17, 15) is 18.0 Å². The topological polar surface area (TPSA) is 194 Å². The molecular formula is C26H40N6O6S. The molecule has 1 heterocycles. The van der Waals surface area contributed by atoms with Gasteiger partial charge in [0.2, 0.25) is 11.9 Å². The molecular weight excluding hydrogens is 524 g/mol. The molecule has 2 aromatic rings. The fourth-order valence-corrected chi connectivity index (χ4v) is 5.06. The molecule has 216 valence electrons. The fourth-order valence-electron chi connectivity index (χ4n) is 3.83. The van der Waals surface area contributed by atoms with E-state index in [0.29, 0.717) is 12.3 Å². The zero-order valence-electron chi connectivity index (χ0n) is 23.4. The average Bonchev–Trinajstić information content (AvgIpc) is 2.86. The Bertz CT molecular complexity index is 1370. The molecule has 0 bridgehead atoms. The number of anilines is 1. The number of rotatable bonds is 14. The molecule has 1 amide bonds. The Labute approximate surface area is 229 Å². The molecule has 0 aliphatic rings. The van der Waals surface area contributed by atoms with Crippen molar-refractivity contribution in [2.75, 3.05) is 11.3 Å². The number of aromatic nitrogens is 1. The predicted octanol–water partition coefficient (Wildman–Crippen LogP) is 2.44. The van der Waals surface area contributed by atoms with E-state index in [4.69, 9.17) is 26.8 Å². The van der Waals surface area contributed by atoms with Gasteiger partial charge in [-0.25, -0.2) is 8.42 Å². The van der Waals surface area contributed by atoms with E-state index in [0.717, 1.165) is 29.4 Å². The number of sulfonamides is 1. The number of carbonyl (C=O) groups is 1. The minimum absolute atomic E-state index is 0.0972. The van der Waals surface area contributed by atoms with Crippen molar-refractivity contribution in [1.82, 2.24) is 4.57 Å². The molecule has 0 spiro atoms. The van der Waals surface area contributed by atoms with Crippen LogP contribution < -0.4 is 32.2 Å². The molecule has 0 fully saturated rings. The molecule has 2 rings (SSSR count). The molecule has 1 aromatic heterocycles. The van der Waals surface area contributed by atoms with Crippen molar-refractivity contribution < 1.29 is 22.8 Å². The lowest BCUT2D eigenvalue weighted by Crippen LogP contribution is -2.42. The number of hydrogen-bond acceptors (Lipinski definition) is 7. The molecule has 39 heavy (non-hydrogen) atoms. The van der Waals surface area contributed by atoms with Crippen molar-refractivity contribution in [3.05, 3.63) is 51.9 Å². The molecule has 2 unspecified atom stereocenters. The number of hydrogen-bond donors (Lipinski definition) is 4. The smallest absolute Gasteiger partial charge is 0.275 e. The van der Waals surface area contributed by atoms with Crippen LogP contribution in [-0.4, -0.2) is 37.6 Å². The second-order valence-corrected chi connectivity index (χ2v) is 11.6. The molecule has 7 N–H and O–H groups in total. The SMILES string of the molecule is CCCCOc1ccc(C(C)(C)CC)cc1S(=O)(=O)Nc1ccc(C)n(C(C(N)=O)C(C)ON=C(N)N)c1=O. The van der Waals surface area contributed by atoms with Crippen molar-refractivity contribution in [1.29, 1.82) is 0 Å². The maximum absolute atomic E-state index is 13.7. The van der Waals surface area contributed by atoms with Crippen LogP contribution in [0.3, 0.4) is 0 Å². The highest BCUT2D eigenvalue weighted by atomic mass is 32.2. The first-order valence-electron chi connectivity index (χ1n) is 12.7. The van der Waals surface area contributed by atoms with Gasteiger partial charge in [-0.3, -0.25) is 18.9 Å². The molecule has 12 nitrogen and oxygen atoms in total. The van der Waals surface area contributed by atoms with Crippen LogP contribution in [0, 0.1) is 6.92 Å².